The van der Waals surface area contributed by atoms with Gasteiger partial charge in [0, 0.05) is 23.8 Å². The van der Waals surface area contributed by atoms with Gasteiger partial charge in [-0.2, -0.15) is 0 Å². The van der Waals surface area contributed by atoms with E-state index in [2.05, 4.69) is 0 Å². The van der Waals surface area contributed by atoms with Gasteiger partial charge in [0.05, 0.1) is 0 Å². The minimum atomic E-state index is -5.70. The maximum atomic E-state index is 13.9. The number of alkyl halides is 2. The van der Waals surface area contributed by atoms with Crippen LogP contribution in [0.25, 0.3) is 0 Å². The predicted octanol–water partition coefficient (Wildman–Crippen LogP) is 0.874. The van der Waals surface area contributed by atoms with Crippen LogP contribution in [0.2, 0.25) is 5.31 Å². The summed E-state index contributed by atoms with van der Waals surface area (Å²) in [6.07, 6.45) is -1.63. The van der Waals surface area contributed by atoms with Gasteiger partial charge in [-0.1, -0.05) is 6.92 Å². The summed E-state index contributed by atoms with van der Waals surface area (Å²) in [6.45, 7) is -1.00. The Bertz CT molecular complexity index is 481. The molecule has 0 aromatic rings. The second-order valence-corrected chi connectivity index (χ2v) is 7.10. The van der Waals surface area contributed by atoms with Gasteiger partial charge in [0.15, 0.2) is 0 Å². The van der Waals surface area contributed by atoms with Crippen molar-refractivity contribution in [3.63, 3.8) is 0 Å². The smallest absolute Gasteiger partial charge is 0.448 e. The van der Waals surface area contributed by atoms with Crippen LogP contribution >= 0.6 is 0 Å². The first kappa shape index (κ1) is 20.7. The maximum absolute atomic E-state index is 13.9. The fraction of sp³-hybridized carbons (Fsp3) is 0.917. The zero-order chi connectivity index (χ0) is 16.5. The van der Waals surface area contributed by atoms with Crippen LogP contribution in [0, 0.1) is 5.41 Å². The molecular formula is C12H18BF5KNO2. The molecule has 0 aromatic heterocycles. The van der Waals surface area contributed by atoms with Crippen molar-refractivity contribution in [3.05, 3.63) is 0 Å². The number of amides is 1. The first-order chi connectivity index (χ1) is 9.20. The first-order valence-corrected chi connectivity index (χ1v) is 6.75. The summed E-state index contributed by atoms with van der Waals surface area (Å²) < 4.78 is 72.4. The van der Waals surface area contributed by atoms with Crippen LogP contribution in [0.1, 0.15) is 34.1 Å². The maximum Gasteiger partial charge on any atom is 1.00 e. The zero-order valence-electron chi connectivity index (χ0n) is 13.4. The first-order valence-electron chi connectivity index (χ1n) is 6.75. The number of nitrogens with zero attached hydrogens (tertiary/aromatic N) is 1. The molecule has 0 spiro atoms. The Balaban J connectivity index is 0.00000242. The Hall–Kier alpha value is 0.621. The fourth-order valence-electron chi connectivity index (χ4n) is 3.45. The molecule has 2 rings (SSSR count). The number of hydrogen-bond donors (Lipinski definition) is 0. The van der Waals surface area contributed by atoms with E-state index < -0.39 is 48.3 Å². The normalized spacial score (nSPS) is 33.6. The molecule has 10 heteroatoms. The Morgan fingerprint density at radius 1 is 1.23 bits per heavy atom. The quantitative estimate of drug-likeness (QED) is 0.517. The zero-order valence-corrected chi connectivity index (χ0v) is 16.5. The van der Waals surface area contributed by atoms with Crippen molar-refractivity contribution in [2.45, 2.75) is 51.0 Å². The van der Waals surface area contributed by atoms with Crippen molar-refractivity contribution < 1.29 is 82.6 Å². The molecule has 2 aliphatic rings. The number of halogens is 5. The summed E-state index contributed by atoms with van der Waals surface area (Å²) in [5.41, 5.74) is -3.08. The molecule has 1 heterocycles. The molecular weight excluding hydrogens is 335 g/mol. The molecule has 0 N–H and O–H groups in total. The molecule has 2 fully saturated rings. The summed E-state index contributed by atoms with van der Waals surface area (Å²) in [7, 11) is 0. The summed E-state index contributed by atoms with van der Waals surface area (Å²) in [6, 6.07) is 0. The van der Waals surface area contributed by atoms with Crippen LogP contribution in [0.3, 0.4) is 0 Å². The van der Waals surface area contributed by atoms with Crippen LogP contribution in [0.15, 0.2) is 0 Å². The fourth-order valence-corrected chi connectivity index (χ4v) is 3.45. The number of likely N-dealkylation sites (tertiary alicyclic amines) is 1. The van der Waals surface area contributed by atoms with Crippen molar-refractivity contribution in [3.8, 4) is 0 Å². The average Bonchev–Trinajstić information content (AvgIpc) is 2.65. The van der Waals surface area contributed by atoms with Crippen molar-refractivity contribution in [1.82, 2.24) is 4.90 Å². The third kappa shape index (κ3) is 2.66. The molecule has 1 aliphatic carbocycles. The number of piperidine rings is 1. The van der Waals surface area contributed by atoms with Gasteiger partial charge in [-0.15, -0.1) is 0 Å². The van der Waals surface area contributed by atoms with E-state index in [4.69, 9.17) is 4.74 Å². The number of fused-ring (bicyclic) bond motifs is 1. The number of ether oxygens (including phenoxy) is 1. The van der Waals surface area contributed by atoms with Gasteiger partial charge in [-0.25, -0.2) is 13.6 Å². The van der Waals surface area contributed by atoms with Crippen LogP contribution in [-0.4, -0.2) is 42.6 Å². The molecule has 122 valence electrons. The van der Waals surface area contributed by atoms with Gasteiger partial charge in [0.1, 0.15) is 5.60 Å². The minimum absolute atomic E-state index is 0. The van der Waals surface area contributed by atoms with Crippen molar-refractivity contribution in [2.75, 3.05) is 13.1 Å². The largest absolute Gasteiger partial charge is 1.00 e. The van der Waals surface area contributed by atoms with Gasteiger partial charge in [0.2, 0.25) is 5.92 Å². The second kappa shape index (κ2) is 5.57. The van der Waals surface area contributed by atoms with Gasteiger partial charge < -0.3 is 22.6 Å². The Morgan fingerprint density at radius 2 is 1.73 bits per heavy atom. The van der Waals surface area contributed by atoms with Crippen molar-refractivity contribution in [2.24, 2.45) is 5.41 Å². The van der Waals surface area contributed by atoms with E-state index in [0.717, 1.165) is 11.8 Å². The molecule has 1 amide bonds. The van der Waals surface area contributed by atoms with Gasteiger partial charge in [0.25, 0.3) is 0 Å². The van der Waals surface area contributed by atoms with Crippen LogP contribution in [-0.2, 0) is 4.74 Å². The van der Waals surface area contributed by atoms with Crippen molar-refractivity contribution in [1.29, 1.82) is 0 Å². The summed E-state index contributed by atoms with van der Waals surface area (Å²) >= 11 is 0. The van der Waals surface area contributed by atoms with E-state index in [1.165, 1.54) is 0 Å². The number of carbonyl (C=O) groups excluding carboxylic acids is 1. The number of hydrogen-bond acceptors (Lipinski definition) is 2. The standard InChI is InChI=1S/C12H18BF5NO2.K/c1-9(2,3)21-8(20)19-6-5-11(13(16,17)18)10(4,7-19)12(11,14)15;/h5-7H2,1-4H3;/q-1;+1. The van der Waals surface area contributed by atoms with Crippen molar-refractivity contribution >= 4 is 13.1 Å². The Kier molecular flexibility index (Phi) is 5.23. The van der Waals surface area contributed by atoms with E-state index in [1.54, 1.807) is 20.8 Å². The third-order valence-electron chi connectivity index (χ3n) is 4.67. The predicted molar refractivity (Wildman–Crippen MR) is 67.2 cm³/mol. The molecule has 2 atom stereocenters. The van der Waals surface area contributed by atoms with Crippen LogP contribution < -0.4 is 51.4 Å². The summed E-state index contributed by atoms with van der Waals surface area (Å²) in [4.78, 5) is 12.8. The number of rotatable bonds is 1. The molecule has 2 unspecified atom stereocenters. The Labute approximate surface area is 168 Å². The SMILES string of the molecule is CC(C)(C)OC(=O)N1CCC2([B-](F)(F)F)C(F)(F)C2(C)C1.[K+]. The van der Waals surface area contributed by atoms with Crippen LogP contribution in [0.5, 0.6) is 0 Å². The second-order valence-electron chi connectivity index (χ2n) is 7.10. The van der Waals surface area contributed by atoms with E-state index >= 15 is 0 Å². The molecule has 22 heavy (non-hydrogen) atoms. The molecule has 1 saturated heterocycles. The van der Waals surface area contributed by atoms with E-state index in [-0.39, 0.29) is 57.9 Å². The molecule has 0 radical (unpaired) electrons. The topological polar surface area (TPSA) is 29.5 Å². The molecule has 1 saturated carbocycles. The average molecular weight is 353 g/mol. The van der Waals surface area contributed by atoms with E-state index in [9.17, 15) is 26.5 Å². The monoisotopic (exact) mass is 353 g/mol. The molecule has 0 aromatic carbocycles. The van der Waals surface area contributed by atoms with E-state index in [0.29, 0.717) is 0 Å². The molecule has 1 aliphatic heterocycles. The Morgan fingerprint density at radius 3 is 2.09 bits per heavy atom. The van der Waals surface area contributed by atoms with Crippen LogP contribution in [0.4, 0.5) is 26.5 Å². The summed E-state index contributed by atoms with van der Waals surface area (Å²) in [5.74, 6) is -3.84. The van der Waals surface area contributed by atoms with Gasteiger partial charge in [-0.3, -0.25) is 0 Å². The number of carbonyl (C=O) groups is 1. The molecule has 0 bridgehead atoms. The van der Waals surface area contributed by atoms with Gasteiger partial charge in [-0.05, 0) is 27.2 Å². The third-order valence-corrected chi connectivity index (χ3v) is 4.67. The van der Waals surface area contributed by atoms with E-state index in [1.807, 2.05) is 0 Å². The van der Waals surface area contributed by atoms with Gasteiger partial charge >= 0.3 is 64.5 Å². The minimum Gasteiger partial charge on any atom is -0.448 e. The summed E-state index contributed by atoms with van der Waals surface area (Å²) in [5, 5.41) is -2.96. The molecule has 3 nitrogen and oxygen atoms in total.